The van der Waals surface area contributed by atoms with Gasteiger partial charge in [-0.3, -0.25) is 4.79 Å². The van der Waals surface area contributed by atoms with E-state index in [4.69, 9.17) is 4.74 Å². The summed E-state index contributed by atoms with van der Waals surface area (Å²) in [5.74, 6) is -1.11. The molecule has 0 saturated heterocycles. The topological polar surface area (TPSA) is 98.8 Å². The zero-order valence-electron chi connectivity index (χ0n) is 15.6. The summed E-state index contributed by atoms with van der Waals surface area (Å²) in [4.78, 5) is 23.4. The summed E-state index contributed by atoms with van der Waals surface area (Å²) in [7, 11) is -1.49. The number of hydrogen-bond acceptors (Lipinski definition) is 6. The van der Waals surface area contributed by atoms with Gasteiger partial charge in [0.25, 0.3) is 0 Å². The number of rotatable bonds is 7. The van der Waals surface area contributed by atoms with E-state index < -0.39 is 28.0 Å². The number of sulfonamides is 1. The first kappa shape index (κ1) is 22.1. The molecule has 0 aliphatic rings. The van der Waals surface area contributed by atoms with E-state index in [1.54, 1.807) is 31.2 Å². The van der Waals surface area contributed by atoms with Gasteiger partial charge in [-0.1, -0.05) is 28.1 Å². The fourth-order valence-corrected chi connectivity index (χ4v) is 4.52. The van der Waals surface area contributed by atoms with Crippen LogP contribution in [0.5, 0.6) is 0 Å². The standard InChI is InChI=1S/C19H20BrNO6S/c1-12-9-14(19(23)27-3)7-8-17(12)28(24,25)21-16(11-18(22)26-2)13-5-4-6-15(20)10-13/h4-10,16,21H,11H2,1-3H3. The van der Waals surface area contributed by atoms with Gasteiger partial charge in [-0.2, -0.15) is 0 Å². The summed E-state index contributed by atoms with van der Waals surface area (Å²) >= 11 is 3.34. The van der Waals surface area contributed by atoms with E-state index >= 15 is 0 Å². The Morgan fingerprint density at radius 2 is 1.82 bits per heavy atom. The maximum atomic E-state index is 13.0. The molecule has 7 nitrogen and oxygen atoms in total. The number of aryl methyl sites for hydroxylation is 1. The van der Waals surface area contributed by atoms with Crippen molar-refractivity contribution < 1.29 is 27.5 Å². The zero-order chi connectivity index (χ0) is 20.9. The molecule has 0 aliphatic heterocycles. The SMILES string of the molecule is COC(=O)CC(NS(=O)(=O)c1ccc(C(=O)OC)cc1C)c1cccc(Br)c1. The molecular formula is C19H20BrNO6S. The van der Waals surface area contributed by atoms with Gasteiger partial charge in [-0.25, -0.2) is 17.9 Å². The number of esters is 2. The van der Waals surface area contributed by atoms with Gasteiger partial charge in [0.1, 0.15) is 0 Å². The van der Waals surface area contributed by atoms with Crippen LogP contribution in [0.3, 0.4) is 0 Å². The molecule has 2 rings (SSSR count). The number of hydrogen-bond donors (Lipinski definition) is 1. The van der Waals surface area contributed by atoms with E-state index in [9.17, 15) is 18.0 Å². The van der Waals surface area contributed by atoms with Crippen LogP contribution in [0.2, 0.25) is 0 Å². The quantitative estimate of drug-likeness (QED) is 0.625. The van der Waals surface area contributed by atoms with Gasteiger partial charge in [0.05, 0.1) is 37.1 Å². The highest BCUT2D eigenvalue weighted by Gasteiger charge is 2.26. The molecule has 1 atom stereocenters. The minimum absolute atomic E-state index is 0.00464. The molecule has 2 aromatic carbocycles. The zero-order valence-corrected chi connectivity index (χ0v) is 18.0. The lowest BCUT2D eigenvalue weighted by Crippen LogP contribution is -2.31. The predicted octanol–water partition coefficient (Wildman–Crippen LogP) is 3.13. The second-order valence-electron chi connectivity index (χ2n) is 5.98. The Morgan fingerprint density at radius 3 is 2.39 bits per heavy atom. The largest absolute Gasteiger partial charge is 0.469 e. The summed E-state index contributed by atoms with van der Waals surface area (Å²) in [5.41, 5.74) is 1.23. The highest BCUT2D eigenvalue weighted by molar-refractivity contribution is 9.10. The Balaban J connectivity index is 2.39. The molecule has 1 unspecified atom stereocenters. The van der Waals surface area contributed by atoms with Crippen molar-refractivity contribution in [2.75, 3.05) is 14.2 Å². The third-order valence-electron chi connectivity index (χ3n) is 4.03. The van der Waals surface area contributed by atoms with Gasteiger partial charge < -0.3 is 9.47 Å². The molecule has 0 aliphatic carbocycles. The van der Waals surface area contributed by atoms with Gasteiger partial charge in [0.2, 0.25) is 10.0 Å². The molecule has 0 fully saturated rings. The molecule has 0 radical (unpaired) electrons. The third kappa shape index (κ3) is 5.40. The summed E-state index contributed by atoms with van der Waals surface area (Å²) in [6.45, 7) is 1.58. The number of methoxy groups -OCH3 is 2. The van der Waals surface area contributed by atoms with Crippen molar-refractivity contribution >= 4 is 37.9 Å². The number of carbonyl (C=O) groups is 2. The van der Waals surface area contributed by atoms with Crippen LogP contribution in [-0.4, -0.2) is 34.6 Å². The second-order valence-corrected chi connectivity index (χ2v) is 8.58. The Bertz CT molecular complexity index is 990. The number of carbonyl (C=O) groups excluding carboxylic acids is 2. The fourth-order valence-electron chi connectivity index (χ4n) is 2.65. The molecule has 0 aromatic heterocycles. The van der Waals surface area contributed by atoms with Crippen LogP contribution < -0.4 is 4.72 Å². The van der Waals surface area contributed by atoms with Gasteiger partial charge in [0, 0.05) is 4.47 Å². The van der Waals surface area contributed by atoms with Crippen LogP contribution in [0.1, 0.15) is 33.9 Å². The van der Waals surface area contributed by atoms with Crippen molar-refractivity contribution in [1.82, 2.24) is 4.72 Å². The molecule has 0 spiro atoms. The van der Waals surface area contributed by atoms with Gasteiger partial charge in [-0.05, 0) is 48.4 Å². The summed E-state index contributed by atoms with van der Waals surface area (Å²) < 4.78 is 38.5. The highest BCUT2D eigenvalue weighted by Crippen LogP contribution is 2.25. The monoisotopic (exact) mass is 469 g/mol. The molecule has 150 valence electrons. The molecule has 2 aromatic rings. The maximum absolute atomic E-state index is 13.0. The third-order valence-corrected chi connectivity index (χ3v) is 6.16. The lowest BCUT2D eigenvalue weighted by molar-refractivity contribution is -0.141. The van der Waals surface area contributed by atoms with Crippen molar-refractivity contribution in [3.63, 3.8) is 0 Å². The summed E-state index contributed by atoms with van der Waals surface area (Å²) in [6.07, 6.45) is -0.175. The van der Waals surface area contributed by atoms with Crippen molar-refractivity contribution in [3.8, 4) is 0 Å². The molecule has 0 bridgehead atoms. The molecule has 0 heterocycles. The van der Waals surface area contributed by atoms with Crippen LogP contribution in [0, 0.1) is 6.92 Å². The van der Waals surface area contributed by atoms with Gasteiger partial charge >= 0.3 is 11.9 Å². The first-order valence-electron chi connectivity index (χ1n) is 8.21. The average molecular weight is 470 g/mol. The molecule has 0 saturated carbocycles. The van der Waals surface area contributed by atoms with E-state index in [-0.39, 0.29) is 16.9 Å². The Morgan fingerprint density at radius 1 is 1.11 bits per heavy atom. The second kappa shape index (κ2) is 9.31. The van der Waals surface area contributed by atoms with E-state index in [1.165, 1.54) is 32.4 Å². The minimum atomic E-state index is -3.98. The molecule has 1 N–H and O–H groups in total. The number of nitrogens with one attached hydrogen (secondary N) is 1. The summed E-state index contributed by atoms with van der Waals surface area (Å²) in [5, 5.41) is 0. The summed E-state index contributed by atoms with van der Waals surface area (Å²) in [6, 6.07) is 10.3. The van der Waals surface area contributed by atoms with Crippen molar-refractivity contribution in [2.24, 2.45) is 0 Å². The molecule has 9 heteroatoms. The highest BCUT2D eigenvalue weighted by atomic mass is 79.9. The average Bonchev–Trinajstić information content (AvgIpc) is 2.66. The lowest BCUT2D eigenvalue weighted by Gasteiger charge is -2.19. The normalized spacial score (nSPS) is 12.3. The van der Waals surface area contributed by atoms with Crippen molar-refractivity contribution in [2.45, 2.75) is 24.3 Å². The first-order valence-corrected chi connectivity index (χ1v) is 10.5. The molecular weight excluding hydrogens is 450 g/mol. The van der Waals surface area contributed by atoms with E-state index in [0.29, 0.717) is 11.1 Å². The Labute approximate surface area is 172 Å². The van der Waals surface area contributed by atoms with Gasteiger partial charge in [-0.15, -0.1) is 0 Å². The predicted molar refractivity (Wildman–Crippen MR) is 106 cm³/mol. The maximum Gasteiger partial charge on any atom is 0.337 e. The molecule has 0 amide bonds. The Hall–Kier alpha value is -2.23. The number of benzene rings is 2. The van der Waals surface area contributed by atoms with E-state index in [2.05, 4.69) is 25.4 Å². The molecule has 28 heavy (non-hydrogen) atoms. The lowest BCUT2D eigenvalue weighted by atomic mass is 10.1. The smallest absolute Gasteiger partial charge is 0.337 e. The van der Waals surface area contributed by atoms with Crippen LogP contribution in [0.4, 0.5) is 0 Å². The van der Waals surface area contributed by atoms with Gasteiger partial charge in [0.15, 0.2) is 0 Å². The fraction of sp³-hybridized carbons (Fsp3) is 0.263. The number of halogens is 1. The van der Waals surface area contributed by atoms with Crippen LogP contribution in [-0.2, 0) is 24.3 Å². The van der Waals surface area contributed by atoms with Crippen LogP contribution >= 0.6 is 15.9 Å². The first-order chi connectivity index (χ1) is 13.2. The minimum Gasteiger partial charge on any atom is -0.469 e. The van der Waals surface area contributed by atoms with E-state index in [1.807, 2.05) is 0 Å². The Kier molecular flexibility index (Phi) is 7.34. The van der Waals surface area contributed by atoms with Crippen molar-refractivity contribution in [3.05, 3.63) is 63.6 Å². The van der Waals surface area contributed by atoms with E-state index in [0.717, 1.165) is 4.47 Å². The van der Waals surface area contributed by atoms with Crippen molar-refractivity contribution in [1.29, 1.82) is 0 Å². The van der Waals surface area contributed by atoms with Crippen LogP contribution in [0.25, 0.3) is 0 Å². The van der Waals surface area contributed by atoms with Crippen LogP contribution in [0.15, 0.2) is 51.8 Å². The number of ether oxygens (including phenoxy) is 2.